The summed E-state index contributed by atoms with van der Waals surface area (Å²) in [6.07, 6.45) is 5.93. The fourth-order valence-electron chi connectivity index (χ4n) is 4.08. The maximum absolute atomic E-state index is 13.3. The molecular weight excluding hydrogens is 406 g/mol. The van der Waals surface area contributed by atoms with Gasteiger partial charge in [-0.25, -0.2) is 0 Å². The van der Waals surface area contributed by atoms with E-state index in [-0.39, 0.29) is 11.2 Å². The van der Waals surface area contributed by atoms with Crippen molar-refractivity contribution >= 4 is 32.7 Å². The summed E-state index contributed by atoms with van der Waals surface area (Å²) >= 11 is 0. The number of pyridine rings is 1. The van der Waals surface area contributed by atoms with Gasteiger partial charge in [0.15, 0.2) is 20.1 Å². The van der Waals surface area contributed by atoms with E-state index >= 15 is 0 Å². The molecule has 3 aromatic carbocycles. The average molecular weight is 429 g/mol. The van der Waals surface area contributed by atoms with E-state index in [1.807, 2.05) is 67.7 Å². The van der Waals surface area contributed by atoms with Crippen molar-refractivity contribution in [1.29, 1.82) is 0 Å². The number of aromatic nitrogens is 1. The molecule has 0 fully saturated rings. The Morgan fingerprint density at radius 3 is 2.39 bits per heavy atom. The topological polar surface area (TPSA) is 62.5 Å². The third-order valence-corrected chi connectivity index (χ3v) is 7.91. The molecule has 5 rings (SSSR count). The van der Waals surface area contributed by atoms with Gasteiger partial charge >= 0.3 is 0 Å². The van der Waals surface area contributed by atoms with Crippen LogP contribution in [0.25, 0.3) is 21.8 Å². The monoisotopic (exact) mass is 428 g/mol. The van der Waals surface area contributed by atoms with E-state index in [2.05, 4.69) is 16.7 Å². The molecule has 154 valence electrons. The summed E-state index contributed by atoms with van der Waals surface area (Å²) < 4.78 is 2.06. The van der Waals surface area contributed by atoms with Crippen LogP contribution in [0.5, 0.6) is 5.75 Å². The minimum atomic E-state index is -0.468. The summed E-state index contributed by atoms with van der Waals surface area (Å²) in [5, 5.41) is 21.0. The lowest BCUT2D eigenvalue weighted by molar-refractivity contribution is 0.225. The molecule has 4 nitrogen and oxygen atoms in total. The van der Waals surface area contributed by atoms with E-state index in [0.717, 1.165) is 25.7 Å². The van der Waals surface area contributed by atoms with E-state index in [1.54, 1.807) is 12.1 Å². The zero-order valence-corrected chi connectivity index (χ0v) is 17.8. The van der Waals surface area contributed by atoms with Gasteiger partial charge in [-0.2, -0.15) is 0 Å². The van der Waals surface area contributed by atoms with Crippen LogP contribution in [0.3, 0.4) is 0 Å². The van der Waals surface area contributed by atoms with Crippen molar-refractivity contribution in [3.05, 3.63) is 100 Å². The number of rotatable bonds is 3. The molecule has 2 unspecified atom stereocenters. The minimum Gasteiger partial charge on any atom is -0.508 e. The molecule has 4 aromatic rings. The Bertz CT molecular complexity index is 1420. The molecule has 0 spiro atoms. The fourth-order valence-corrected chi connectivity index (χ4v) is 6.22. The molecule has 1 heterocycles. The number of aliphatic hydroxyl groups is 1. The predicted octanol–water partition coefficient (Wildman–Crippen LogP) is 4.64. The van der Waals surface area contributed by atoms with Crippen molar-refractivity contribution in [1.82, 2.24) is 4.57 Å². The highest BCUT2D eigenvalue weighted by Gasteiger charge is 2.31. The molecule has 0 saturated carbocycles. The molecule has 31 heavy (non-hydrogen) atoms. The smallest absolute Gasteiger partial charge is 0.197 e. The number of phenols is 1. The third-order valence-electron chi connectivity index (χ3n) is 5.67. The van der Waals surface area contributed by atoms with Crippen molar-refractivity contribution in [2.45, 2.75) is 22.3 Å². The normalized spacial score (nSPS) is 17.1. The SMILES string of the molecule is Cn1c2ccccc2c(=O)c2cc([S+](C3=CCC(O)C=C3)c3ccc(O)cc3)ccc21. The number of phenolic OH excluding ortho intramolecular Hbond substituents is 1. The molecule has 5 heteroatoms. The Hall–Kier alpha value is -3.28. The first-order valence-electron chi connectivity index (χ1n) is 10.1. The first-order chi connectivity index (χ1) is 15.0. The van der Waals surface area contributed by atoms with Gasteiger partial charge in [0.2, 0.25) is 0 Å². The van der Waals surface area contributed by atoms with Crippen LogP contribution in [0.15, 0.2) is 104 Å². The highest BCUT2D eigenvalue weighted by molar-refractivity contribution is 8.00. The first kappa shape index (κ1) is 19.7. The predicted molar refractivity (Wildman–Crippen MR) is 127 cm³/mol. The lowest BCUT2D eigenvalue weighted by atomic mass is 10.1. The number of aromatic hydroxyl groups is 1. The largest absolute Gasteiger partial charge is 0.508 e. The summed E-state index contributed by atoms with van der Waals surface area (Å²) in [6.45, 7) is 0. The summed E-state index contributed by atoms with van der Waals surface area (Å²) in [5.41, 5.74) is 1.84. The third kappa shape index (κ3) is 3.46. The minimum absolute atomic E-state index is 0.0309. The molecule has 0 saturated heterocycles. The summed E-state index contributed by atoms with van der Waals surface area (Å²) in [5.74, 6) is 0.217. The second-order valence-corrected chi connectivity index (χ2v) is 9.68. The van der Waals surface area contributed by atoms with Gasteiger partial charge in [0.05, 0.1) is 33.4 Å². The number of allylic oxidation sites excluding steroid dienone is 1. The van der Waals surface area contributed by atoms with Crippen LogP contribution < -0.4 is 5.43 Å². The van der Waals surface area contributed by atoms with Gasteiger partial charge in [0.1, 0.15) is 5.75 Å². The Kier molecular flexibility index (Phi) is 4.93. The van der Waals surface area contributed by atoms with Crippen LogP contribution >= 0.6 is 0 Å². The molecule has 0 aliphatic heterocycles. The van der Waals surface area contributed by atoms with Crippen molar-refractivity contribution in [3.8, 4) is 5.75 Å². The number of benzene rings is 3. The summed E-state index contributed by atoms with van der Waals surface area (Å²) in [7, 11) is 1.52. The van der Waals surface area contributed by atoms with Gasteiger partial charge in [-0.3, -0.25) is 4.79 Å². The molecule has 2 atom stereocenters. The van der Waals surface area contributed by atoms with Crippen molar-refractivity contribution in [3.63, 3.8) is 0 Å². The number of hydrogen-bond donors (Lipinski definition) is 2. The summed E-state index contributed by atoms with van der Waals surface area (Å²) in [4.78, 5) is 16.5. The lowest BCUT2D eigenvalue weighted by Gasteiger charge is -2.15. The van der Waals surface area contributed by atoms with E-state index in [4.69, 9.17) is 0 Å². The van der Waals surface area contributed by atoms with E-state index in [1.165, 1.54) is 0 Å². The Morgan fingerprint density at radius 2 is 1.65 bits per heavy atom. The Labute approximate surface area is 182 Å². The zero-order chi connectivity index (χ0) is 21.5. The fraction of sp³-hybridized carbons (Fsp3) is 0.115. The molecule has 1 aliphatic rings. The second-order valence-electron chi connectivity index (χ2n) is 7.65. The molecule has 0 amide bonds. The molecule has 1 aromatic heterocycles. The number of hydrogen-bond acceptors (Lipinski definition) is 3. The van der Waals surface area contributed by atoms with Gasteiger partial charge in [0.25, 0.3) is 0 Å². The van der Waals surface area contributed by atoms with Gasteiger partial charge in [-0.1, -0.05) is 18.2 Å². The quantitative estimate of drug-likeness (QED) is 0.369. The average Bonchev–Trinajstić information content (AvgIpc) is 2.80. The molecular formula is C26H22NO3S+. The first-order valence-corrected chi connectivity index (χ1v) is 11.4. The van der Waals surface area contributed by atoms with Crippen molar-refractivity contribution in [2.75, 3.05) is 0 Å². The Balaban J connectivity index is 1.74. The lowest BCUT2D eigenvalue weighted by Crippen LogP contribution is -2.13. The van der Waals surface area contributed by atoms with Gasteiger partial charge in [-0.15, -0.1) is 0 Å². The highest BCUT2D eigenvalue weighted by atomic mass is 32.2. The maximum atomic E-state index is 13.3. The Morgan fingerprint density at radius 1 is 0.935 bits per heavy atom. The van der Waals surface area contributed by atoms with Crippen LogP contribution in [0, 0.1) is 0 Å². The number of nitrogens with zero attached hydrogens (tertiary/aromatic N) is 1. The van der Waals surface area contributed by atoms with Crippen molar-refractivity contribution < 1.29 is 10.2 Å². The molecule has 2 N–H and O–H groups in total. The van der Waals surface area contributed by atoms with Crippen LogP contribution in [0.2, 0.25) is 0 Å². The highest BCUT2D eigenvalue weighted by Crippen LogP contribution is 2.35. The van der Waals surface area contributed by atoms with Gasteiger partial charge in [-0.05, 0) is 60.7 Å². The van der Waals surface area contributed by atoms with Crippen LogP contribution in [0.1, 0.15) is 6.42 Å². The number of aliphatic hydroxyl groups excluding tert-OH is 1. The maximum Gasteiger partial charge on any atom is 0.197 e. The van der Waals surface area contributed by atoms with Crippen molar-refractivity contribution in [2.24, 2.45) is 7.05 Å². The zero-order valence-electron chi connectivity index (χ0n) is 17.0. The molecule has 0 bridgehead atoms. The number of fused-ring (bicyclic) bond motifs is 2. The molecule has 0 radical (unpaired) electrons. The van der Waals surface area contributed by atoms with Crippen LogP contribution in [-0.2, 0) is 17.9 Å². The molecule has 1 aliphatic carbocycles. The van der Waals surface area contributed by atoms with Crippen LogP contribution in [-0.4, -0.2) is 20.9 Å². The van der Waals surface area contributed by atoms with Crippen LogP contribution in [0.4, 0.5) is 0 Å². The number of para-hydroxylation sites is 1. The summed E-state index contributed by atoms with van der Waals surface area (Å²) in [6, 6.07) is 21.0. The number of aryl methyl sites for hydroxylation is 1. The second kappa shape index (κ2) is 7.76. The standard InChI is InChI=1S/C26H21NO3S/c1-27-24-5-3-2-4-22(24)26(30)23-16-21(14-15-25(23)27)31(19-10-6-17(28)7-11-19)20-12-8-18(29)9-13-20/h2-8,10-16,18,29H,9H2,1H3/p+1. The van der Waals surface area contributed by atoms with E-state index < -0.39 is 17.0 Å². The van der Waals surface area contributed by atoms with E-state index in [0.29, 0.717) is 17.2 Å². The van der Waals surface area contributed by atoms with Gasteiger partial charge < -0.3 is 14.8 Å². The van der Waals surface area contributed by atoms with Gasteiger partial charge in [0, 0.05) is 24.9 Å². The van der Waals surface area contributed by atoms with E-state index in [9.17, 15) is 15.0 Å².